The minimum Gasteiger partial charge on any atom is -0.341 e. The molecule has 1 heterocycles. The first-order valence-corrected chi connectivity index (χ1v) is 7.95. The molecule has 2 unspecified atom stereocenters. The lowest BCUT2D eigenvalue weighted by Gasteiger charge is -2.34. The Morgan fingerprint density at radius 2 is 2.05 bits per heavy atom. The lowest BCUT2D eigenvalue weighted by Crippen LogP contribution is -2.36. The van der Waals surface area contributed by atoms with E-state index in [4.69, 9.17) is 0 Å². The second-order valence-corrected chi connectivity index (χ2v) is 6.10. The first-order valence-electron chi connectivity index (χ1n) is 7.95. The second-order valence-electron chi connectivity index (χ2n) is 6.10. The van der Waals surface area contributed by atoms with Crippen LogP contribution in [0.15, 0.2) is 12.4 Å². The summed E-state index contributed by atoms with van der Waals surface area (Å²) in [4.78, 5) is 11.3. The smallest absolute Gasteiger partial charge is 0.225 e. The van der Waals surface area contributed by atoms with Gasteiger partial charge in [0.25, 0.3) is 0 Å². The van der Waals surface area contributed by atoms with Crippen molar-refractivity contribution in [2.75, 3.05) is 18.5 Å². The monoisotopic (exact) mass is 276 g/mol. The third-order valence-electron chi connectivity index (χ3n) is 4.22. The maximum atomic E-state index is 4.53. The third-order valence-corrected chi connectivity index (χ3v) is 4.22. The molecule has 4 heteroatoms. The summed E-state index contributed by atoms with van der Waals surface area (Å²) in [7, 11) is 2.13. The van der Waals surface area contributed by atoms with Crippen LogP contribution >= 0.6 is 0 Å². The van der Waals surface area contributed by atoms with Gasteiger partial charge in [0.1, 0.15) is 0 Å². The molecule has 1 fully saturated rings. The molecule has 1 aliphatic rings. The van der Waals surface area contributed by atoms with E-state index < -0.39 is 0 Å². The van der Waals surface area contributed by atoms with E-state index in [1.54, 1.807) is 0 Å². The van der Waals surface area contributed by atoms with Gasteiger partial charge in [0.05, 0.1) is 0 Å². The Balaban J connectivity index is 1.91. The third kappa shape index (κ3) is 4.17. The fourth-order valence-electron chi connectivity index (χ4n) is 2.95. The molecule has 2 rings (SSSR count). The van der Waals surface area contributed by atoms with E-state index in [1.807, 2.05) is 12.4 Å². The van der Waals surface area contributed by atoms with Gasteiger partial charge >= 0.3 is 0 Å². The molecule has 112 valence electrons. The molecular formula is C16H28N4. The summed E-state index contributed by atoms with van der Waals surface area (Å²) in [6.07, 6.45) is 10.3. The zero-order chi connectivity index (χ0) is 14.4. The van der Waals surface area contributed by atoms with Gasteiger partial charge in [-0.15, -0.1) is 0 Å². The van der Waals surface area contributed by atoms with Crippen molar-refractivity contribution < 1.29 is 0 Å². The minimum atomic E-state index is 0.600. The maximum absolute atomic E-state index is 4.53. The highest BCUT2D eigenvalue weighted by atomic mass is 15.2. The van der Waals surface area contributed by atoms with E-state index in [9.17, 15) is 0 Å². The number of hydrogen-bond donors (Lipinski definition) is 1. The summed E-state index contributed by atoms with van der Waals surface area (Å²) in [6.45, 7) is 6.43. The van der Waals surface area contributed by atoms with Crippen LogP contribution in [0.25, 0.3) is 0 Å². The molecule has 1 aromatic rings. The van der Waals surface area contributed by atoms with Crippen LogP contribution in [0.3, 0.4) is 0 Å². The number of rotatable bonds is 6. The van der Waals surface area contributed by atoms with E-state index >= 15 is 0 Å². The molecule has 0 saturated heterocycles. The predicted molar refractivity (Wildman–Crippen MR) is 83.9 cm³/mol. The van der Waals surface area contributed by atoms with Crippen molar-refractivity contribution in [2.24, 2.45) is 5.92 Å². The summed E-state index contributed by atoms with van der Waals surface area (Å²) in [5.41, 5.74) is 1.16. The number of nitrogens with zero attached hydrogens (tertiary/aromatic N) is 3. The van der Waals surface area contributed by atoms with Gasteiger partial charge in [0, 0.05) is 37.6 Å². The van der Waals surface area contributed by atoms with Gasteiger partial charge in [0.15, 0.2) is 0 Å². The molecule has 0 aromatic carbocycles. The first-order chi connectivity index (χ1) is 9.70. The summed E-state index contributed by atoms with van der Waals surface area (Å²) in [5, 5.41) is 3.38. The Bertz CT molecular complexity index is 390. The largest absolute Gasteiger partial charge is 0.341 e. The molecule has 4 nitrogen and oxygen atoms in total. The van der Waals surface area contributed by atoms with Crippen molar-refractivity contribution >= 4 is 5.95 Å². The average Bonchev–Trinajstić information content (AvgIpc) is 2.47. The molecule has 0 aliphatic heterocycles. The maximum Gasteiger partial charge on any atom is 0.225 e. The van der Waals surface area contributed by atoms with Crippen LogP contribution < -0.4 is 10.2 Å². The zero-order valence-electron chi connectivity index (χ0n) is 13.1. The quantitative estimate of drug-likeness (QED) is 0.811. The van der Waals surface area contributed by atoms with Gasteiger partial charge in [-0.3, -0.25) is 0 Å². The first kappa shape index (κ1) is 15.2. The number of anilines is 1. The van der Waals surface area contributed by atoms with Gasteiger partial charge in [-0.25, -0.2) is 9.97 Å². The number of nitrogens with one attached hydrogen (secondary N) is 1. The Hall–Kier alpha value is -1.16. The van der Waals surface area contributed by atoms with E-state index in [1.165, 1.54) is 25.7 Å². The minimum absolute atomic E-state index is 0.600. The van der Waals surface area contributed by atoms with Crippen LogP contribution in [0.4, 0.5) is 5.95 Å². The number of hydrogen-bond acceptors (Lipinski definition) is 4. The zero-order valence-corrected chi connectivity index (χ0v) is 13.1. The van der Waals surface area contributed by atoms with Crippen LogP contribution in [0.5, 0.6) is 0 Å². The van der Waals surface area contributed by atoms with Crippen LogP contribution in [0, 0.1) is 5.92 Å². The normalized spacial score (nSPS) is 22.8. The van der Waals surface area contributed by atoms with E-state index in [-0.39, 0.29) is 0 Å². The highest BCUT2D eigenvalue weighted by molar-refractivity contribution is 5.30. The fourth-order valence-corrected chi connectivity index (χ4v) is 2.95. The number of aromatic nitrogens is 2. The Labute approximate surface area is 123 Å². The standard InChI is InChI=1S/C16H28N4/c1-4-8-17-10-14-11-18-16(19-12-14)20(3)15-7-5-6-13(2)9-15/h11-13,15,17H,4-10H2,1-3H3. The molecule has 2 atom stereocenters. The van der Waals surface area contributed by atoms with Gasteiger partial charge < -0.3 is 10.2 Å². The molecule has 1 aliphatic carbocycles. The highest BCUT2D eigenvalue weighted by Crippen LogP contribution is 2.28. The molecule has 0 radical (unpaired) electrons. The lowest BCUT2D eigenvalue weighted by atomic mass is 9.86. The Morgan fingerprint density at radius 1 is 1.30 bits per heavy atom. The topological polar surface area (TPSA) is 41.1 Å². The van der Waals surface area contributed by atoms with Crippen LogP contribution in [-0.4, -0.2) is 29.6 Å². The molecule has 20 heavy (non-hydrogen) atoms. The van der Waals surface area contributed by atoms with Gasteiger partial charge in [0.2, 0.25) is 5.95 Å². The SMILES string of the molecule is CCCNCc1cnc(N(C)C2CCCC(C)C2)nc1. The van der Waals surface area contributed by atoms with E-state index in [0.717, 1.165) is 36.9 Å². The summed E-state index contributed by atoms with van der Waals surface area (Å²) in [5.74, 6) is 1.69. The van der Waals surface area contributed by atoms with E-state index in [2.05, 4.69) is 41.1 Å². The molecule has 1 N–H and O–H groups in total. The van der Waals surface area contributed by atoms with Crippen molar-refractivity contribution in [1.29, 1.82) is 0 Å². The molecule has 0 bridgehead atoms. The van der Waals surface area contributed by atoms with Crippen molar-refractivity contribution in [3.63, 3.8) is 0 Å². The molecule has 1 saturated carbocycles. The molecular weight excluding hydrogens is 248 g/mol. The molecule has 0 spiro atoms. The van der Waals surface area contributed by atoms with Crippen molar-refractivity contribution in [3.05, 3.63) is 18.0 Å². The fraction of sp³-hybridized carbons (Fsp3) is 0.750. The van der Waals surface area contributed by atoms with Crippen LogP contribution in [0.2, 0.25) is 0 Å². The second kappa shape index (κ2) is 7.58. The van der Waals surface area contributed by atoms with Crippen LogP contribution in [-0.2, 0) is 6.54 Å². The predicted octanol–water partition coefficient (Wildman–Crippen LogP) is 2.99. The van der Waals surface area contributed by atoms with E-state index in [0.29, 0.717) is 6.04 Å². The lowest BCUT2D eigenvalue weighted by molar-refractivity contribution is 0.334. The van der Waals surface area contributed by atoms with Gasteiger partial charge in [-0.1, -0.05) is 26.7 Å². The van der Waals surface area contributed by atoms with Crippen molar-refractivity contribution in [3.8, 4) is 0 Å². The Kier molecular flexibility index (Phi) is 5.77. The molecule has 1 aromatic heterocycles. The Morgan fingerprint density at radius 3 is 2.70 bits per heavy atom. The van der Waals surface area contributed by atoms with Gasteiger partial charge in [-0.2, -0.15) is 0 Å². The molecule has 0 amide bonds. The van der Waals surface area contributed by atoms with Crippen LogP contribution in [0.1, 0.15) is 51.5 Å². The van der Waals surface area contributed by atoms with Gasteiger partial charge in [-0.05, 0) is 31.7 Å². The summed E-state index contributed by atoms with van der Waals surface area (Å²) in [6, 6.07) is 0.600. The van der Waals surface area contributed by atoms with Crippen molar-refractivity contribution in [1.82, 2.24) is 15.3 Å². The summed E-state index contributed by atoms with van der Waals surface area (Å²) >= 11 is 0. The highest BCUT2D eigenvalue weighted by Gasteiger charge is 2.23. The summed E-state index contributed by atoms with van der Waals surface area (Å²) < 4.78 is 0. The average molecular weight is 276 g/mol. The van der Waals surface area contributed by atoms with Crippen molar-refractivity contribution in [2.45, 2.75) is 58.5 Å².